The third-order valence-corrected chi connectivity index (χ3v) is 7.83. The third-order valence-electron chi connectivity index (χ3n) is 7.83. The highest BCUT2D eigenvalue weighted by Gasteiger charge is 2.39. The summed E-state index contributed by atoms with van der Waals surface area (Å²) in [5, 5.41) is 6.42. The fraction of sp³-hybridized carbons (Fsp3) is 0.556. The van der Waals surface area contributed by atoms with Gasteiger partial charge >= 0.3 is 0 Å². The molecule has 2 saturated carbocycles. The van der Waals surface area contributed by atoms with Gasteiger partial charge in [0, 0.05) is 24.7 Å². The fourth-order valence-electron chi connectivity index (χ4n) is 5.80. The predicted octanol–water partition coefficient (Wildman–Crippen LogP) is 4.41. The molecule has 0 bridgehead atoms. The maximum atomic E-state index is 12.9. The first-order valence-corrected chi connectivity index (χ1v) is 13.1. The van der Waals surface area contributed by atoms with E-state index in [9.17, 15) is 9.59 Å². The monoisotopic (exact) mass is 492 g/mol. The summed E-state index contributed by atoms with van der Waals surface area (Å²) in [6, 6.07) is 5.64. The average molecular weight is 493 g/mol. The van der Waals surface area contributed by atoms with Crippen molar-refractivity contribution in [2.45, 2.75) is 82.8 Å². The molecule has 192 valence electrons. The Balaban J connectivity index is 1.38. The zero-order valence-electron chi connectivity index (χ0n) is 21.4. The molecule has 2 aromatic rings. The summed E-state index contributed by atoms with van der Waals surface area (Å²) in [7, 11) is 3.36. The van der Waals surface area contributed by atoms with Crippen LogP contribution in [0.4, 0.5) is 23.1 Å². The van der Waals surface area contributed by atoms with Gasteiger partial charge in [0.1, 0.15) is 17.5 Å². The number of carbonyl (C=O) groups is 2. The van der Waals surface area contributed by atoms with Crippen LogP contribution in [0.5, 0.6) is 5.75 Å². The minimum atomic E-state index is -0.273. The second-order valence-corrected chi connectivity index (χ2v) is 10.2. The van der Waals surface area contributed by atoms with E-state index >= 15 is 0 Å². The van der Waals surface area contributed by atoms with Gasteiger partial charge in [-0.15, -0.1) is 0 Å². The number of amides is 2. The zero-order valence-corrected chi connectivity index (χ0v) is 21.4. The van der Waals surface area contributed by atoms with Crippen molar-refractivity contribution < 1.29 is 14.3 Å². The number of anilines is 4. The summed E-state index contributed by atoms with van der Waals surface area (Å²) in [5.41, 5.74) is 1.96. The van der Waals surface area contributed by atoms with Gasteiger partial charge in [-0.25, -0.2) is 4.98 Å². The molecular weight excluding hydrogens is 456 g/mol. The Bertz CT molecular complexity index is 1130. The molecule has 9 nitrogen and oxygen atoms in total. The molecule has 0 saturated heterocycles. The number of carbonyl (C=O) groups excluding carboxylic acids is 2. The quantitative estimate of drug-likeness (QED) is 0.616. The van der Waals surface area contributed by atoms with E-state index in [1.165, 1.54) is 32.1 Å². The Morgan fingerprint density at radius 3 is 2.53 bits per heavy atom. The van der Waals surface area contributed by atoms with Gasteiger partial charge < -0.3 is 25.2 Å². The van der Waals surface area contributed by atoms with E-state index < -0.39 is 0 Å². The van der Waals surface area contributed by atoms with Gasteiger partial charge in [0.2, 0.25) is 11.9 Å². The fourth-order valence-corrected chi connectivity index (χ4v) is 5.80. The van der Waals surface area contributed by atoms with Crippen LogP contribution in [0.15, 0.2) is 24.4 Å². The van der Waals surface area contributed by atoms with Crippen LogP contribution in [-0.2, 0) is 4.79 Å². The van der Waals surface area contributed by atoms with Crippen molar-refractivity contribution in [3.8, 4) is 5.75 Å². The van der Waals surface area contributed by atoms with Crippen LogP contribution in [0.2, 0.25) is 0 Å². The molecule has 5 rings (SSSR count). The number of rotatable bonds is 6. The number of nitrogens with zero attached hydrogens (tertiary/aromatic N) is 4. The molecule has 2 fully saturated rings. The molecule has 2 heterocycles. The number of nitrogens with one attached hydrogen (secondary N) is 2. The van der Waals surface area contributed by atoms with Gasteiger partial charge in [-0.3, -0.25) is 9.59 Å². The molecule has 36 heavy (non-hydrogen) atoms. The number of likely N-dealkylation sites (N-methyl/N-ethyl adjacent to an activating group) is 1. The second kappa shape index (κ2) is 10.3. The smallest absolute Gasteiger partial charge is 0.251 e. The predicted molar refractivity (Wildman–Crippen MR) is 140 cm³/mol. The molecule has 2 aliphatic carbocycles. The highest BCUT2D eigenvalue weighted by atomic mass is 16.5. The number of fused-ring (bicyclic) bond motifs is 1. The Morgan fingerprint density at radius 2 is 1.81 bits per heavy atom. The lowest BCUT2D eigenvalue weighted by atomic mass is 9.95. The Morgan fingerprint density at radius 1 is 1.08 bits per heavy atom. The lowest BCUT2D eigenvalue weighted by Crippen LogP contribution is -2.54. The van der Waals surface area contributed by atoms with Crippen LogP contribution in [0.25, 0.3) is 0 Å². The van der Waals surface area contributed by atoms with Gasteiger partial charge in [-0.2, -0.15) is 4.98 Å². The molecule has 0 radical (unpaired) electrons. The molecule has 2 N–H and O–H groups in total. The molecule has 2 amide bonds. The van der Waals surface area contributed by atoms with Crippen molar-refractivity contribution in [2.75, 3.05) is 29.3 Å². The summed E-state index contributed by atoms with van der Waals surface area (Å²) >= 11 is 0. The van der Waals surface area contributed by atoms with Crippen molar-refractivity contribution in [1.82, 2.24) is 15.3 Å². The second-order valence-electron chi connectivity index (χ2n) is 10.2. The standard InChI is InChI=1S/C27H36N6O3/c1-17-26(35)32(2)22-16-28-27(31-24(22)33(17)20-11-7-8-12-20)30-21-14-13-18(15-23(21)36-3)25(34)29-19-9-5-4-6-10-19/h13-17,19-20H,4-12H2,1-3H3,(H,29,34)(H,28,30,31)/t17-/m1/s1. The van der Waals surface area contributed by atoms with Crippen molar-refractivity contribution in [3.05, 3.63) is 30.0 Å². The number of hydrogen-bond acceptors (Lipinski definition) is 7. The van der Waals surface area contributed by atoms with E-state index in [1.54, 1.807) is 37.4 Å². The SMILES string of the molecule is COc1cc(C(=O)NC2CCCCC2)ccc1Nc1ncc2c(n1)N(C1CCCC1)[C@H](C)C(=O)N2C. The first kappa shape index (κ1) is 24.3. The molecule has 1 aromatic carbocycles. The van der Waals surface area contributed by atoms with E-state index in [4.69, 9.17) is 9.72 Å². The lowest BCUT2D eigenvalue weighted by Gasteiger charge is -2.42. The Hall–Kier alpha value is -3.36. The minimum absolute atomic E-state index is 0.0578. The van der Waals surface area contributed by atoms with Crippen LogP contribution in [0.1, 0.15) is 75.1 Å². The van der Waals surface area contributed by atoms with E-state index in [0.29, 0.717) is 29.0 Å². The number of aromatic nitrogens is 2. The molecular formula is C27H36N6O3. The van der Waals surface area contributed by atoms with Crippen LogP contribution in [0, 0.1) is 0 Å². The first-order chi connectivity index (χ1) is 17.5. The number of ether oxygens (including phenoxy) is 1. The van der Waals surface area contributed by atoms with Crippen LogP contribution < -0.4 is 25.2 Å². The van der Waals surface area contributed by atoms with Crippen LogP contribution >= 0.6 is 0 Å². The number of hydrogen-bond donors (Lipinski definition) is 2. The summed E-state index contributed by atoms with van der Waals surface area (Å²) in [6.07, 6.45) is 11.8. The Labute approximate surface area is 212 Å². The molecule has 1 atom stereocenters. The lowest BCUT2D eigenvalue weighted by molar-refractivity contribution is -0.119. The molecule has 1 aliphatic heterocycles. The van der Waals surface area contributed by atoms with Crippen LogP contribution in [-0.4, -0.2) is 54.1 Å². The first-order valence-electron chi connectivity index (χ1n) is 13.1. The summed E-state index contributed by atoms with van der Waals surface area (Å²) in [5.74, 6) is 1.72. The van der Waals surface area contributed by atoms with Gasteiger partial charge in [0.25, 0.3) is 5.91 Å². The van der Waals surface area contributed by atoms with Crippen molar-refractivity contribution in [1.29, 1.82) is 0 Å². The van der Waals surface area contributed by atoms with Crippen LogP contribution in [0.3, 0.4) is 0 Å². The van der Waals surface area contributed by atoms with Crippen molar-refractivity contribution in [2.24, 2.45) is 0 Å². The van der Waals surface area contributed by atoms with E-state index in [-0.39, 0.29) is 23.9 Å². The topological polar surface area (TPSA) is 99.7 Å². The number of benzene rings is 1. The molecule has 9 heteroatoms. The largest absolute Gasteiger partial charge is 0.495 e. The minimum Gasteiger partial charge on any atom is -0.495 e. The normalized spacial score (nSPS) is 20.9. The zero-order chi connectivity index (χ0) is 25.2. The van der Waals surface area contributed by atoms with Gasteiger partial charge in [0.15, 0.2) is 5.82 Å². The Kier molecular flexibility index (Phi) is 6.98. The maximum absolute atomic E-state index is 12.9. The molecule has 0 spiro atoms. The highest BCUT2D eigenvalue weighted by molar-refractivity contribution is 6.04. The van der Waals surface area contributed by atoms with E-state index in [1.807, 2.05) is 13.0 Å². The van der Waals surface area contributed by atoms with Crippen molar-refractivity contribution in [3.63, 3.8) is 0 Å². The van der Waals surface area contributed by atoms with E-state index in [2.05, 4.69) is 20.5 Å². The molecule has 0 unspecified atom stereocenters. The average Bonchev–Trinajstić information content (AvgIpc) is 3.43. The van der Waals surface area contributed by atoms with Gasteiger partial charge in [-0.05, 0) is 50.8 Å². The van der Waals surface area contributed by atoms with E-state index in [0.717, 1.165) is 37.2 Å². The number of methoxy groups -OCH3 is 1. The maximum Gasteiger partial charge on any atom is 0.251 e. The molecule has 1 aromatic heterocycles. The highest BCUT2D eigenvalue weighted by Crippen LogP contribution is 2.39. The van der Waals surface area contributed by atoms with Gasteiger partial charge in [-0.1, -0.05) is 32.1 Å². The third kappa shape index (κ3) is 4.70. The summed E-state index contributed by atoms with van der Waals surface area (Å²) < 4.78 is 5.60. The summed E-state index contributed by atoms with van der Waals surface area (Å²) in [6.45, 7) is 1.95. The van der Waals surface area contributed by atoms with Gasteiger partial charge in [0.05, 0.1) is 19.0 Å². The van der Waals surface area contributed by atoms with Crippen molar-refractivity contribution >= 4 is 35.0 Å². The summed E-state index contributed by atoms with van der Waals surface area (Å²) in [4.78, 5) is 38.9. The molecule has 3 aliphatic rings.